The third-order valence-electron chi connectivity index (χ3n) is 2.89. The predicted octanol–water partition coefficient (Wildman–Crippen LogP) is 3.04. The van der Waals surface area contributed by atoms with E-state index in [0.29, 0.717) is 11.9 Å². The summed E-state index contributed by atoms with van der Waals surface area (Å²) in [5, 5.41) is 0. The first kappa shape index (κ1) is 12.5. The molecular weight excluding hydrogens is 249 g/mol. The highest BCUT2D eigenvalue weighted by Crippen LogP contribution is 2.30. The summed E-state index contributed by atoms with van der Waals surface area (Å²) in [7, 11) is 1.88. The summed E-state index contributed by atoms with van der Waals surface area (Å²) in [6.45, 7) is 0. The fourth-order valence-corrected chi connectivity index (χ4v) is 3.04. The topological polar surface area (TPSA) is 16.1 Å². The van der Waals surface area contributed by atoms with Crippen molar-refractivity contribution in [3.05, 3.63) is 23.9 Å². The number of thioether (sulfide) groups is 1. The van der Waals surface area contributed by atoms with Gasteiger partial charge in [0.25, 0.3) is 0 Å². The third-order valence-corrected chi connectivity index (χ3v) is 4.03. The second-order valence-electron chi connectivity index (χ2n) is 4.03. The van der Waals surface area contributed by atoms with E-state index < -0.39 is 11.7 Å². The molecule has 0 N–H and O–H groups in total. The van der Waals surface area contributed by atoms with E-state index in [1.165, 1.54) is 6.07 Å². The van der Waals surface area contributed by atoms with Gasteiger partial charge in [-0.1, -0.05) is 0 Å². The van der Waals surface area contributed by atoms with E-state index in [0.717, 1.165) is 30.2 Å². The Morgan fingerprint density at radius 3 is 2.65 bits per heavy atom. The Hall–Kier alpha value is -0.910. The van der Waals surface area contributed by atoms with E-state index in [4.69, 9.17) is 0 Å². The van der Waals surface area contributed by atoms with Gasteiger partial charge in [0.1, 0.15) is 5.82 Å². The Labute approximate surface area is 102 Å². The molecule has 0 unspecified atom stereocenters. The minimum absolute atomic E-state index is 0.379. The average Bonchev–Trinajstić information content (AvgIpc) is 2.80. The third kappa shape index (κ3) is 2.86. The van der Waals surface area contributed by atoms with E-state index in [-0.39, 0.29) is 0 Å². The predicted molar refractivity (Wildman–Crippen MR) is 63.4 cm³/mol. The van der Waals surface area contributed by atoms with Crippen molar-refractivity contribution in [3.63, 3.8) is 0 Å². The van der Waals surface area contributed by atoms with Crippen LogP contribution in [0.5, 0.6) is 0 Å². The molecule has 2 rings (SSSR count). The number of alkyl halides is 3. The summed E-state index contributed by atoms with van der Waals surface area (Å²) < 4.78 is 37.1. The number of pyridine rings is 1. The number of nitrogens with zero attached hydrogens (tertiary/aromatic N) is 2. The van der Waals surface area contributed by atoms with Crippen LogP contribution in [0, 0.1) is 0 Å². The molecule has 1 atom stereocenters. The van der Waals surface area contributed by atoms with Gasteiger partial charge in [0.2, 0.25) is 0 Å². The molecule has 2 heterocycles. The standard InChI is InChI=1S/C11H13F3N2S/c1-16(9-4-5-17-7-9)10-3-2-8(6-15-10)11(12,13)14/h2-3,6,9H,4-5,7H2,1H3/t9-/m0/s1. The van der Waals surface area contributed by atoms with Crippen molar-refractivity contribution >= 4 is 17.6 Å². The van der Waals surface area contributed by atoms with E-state index in [2.05, 4.69) is 4.98 Å². The maximum Gasteiger partial charge on any atom is 0.417 e. The molecule has 1 aromatic heterocycles. The van der Waals surface area contributed by atoms with E-state index >= 15 is 0 Å². The van der Waals surface area contributed by atoms with Gasteiger partial charge in [0.05, 0.1) is 5.56 Å². The number of halogens is 3. The second kappa shape index (κ2) is 4.76. The number of anilines is 1. The molecule has 94 valence electrons. The van der Waals surface area contributed by atoms with Crippen LogP contribution in [0.4, 0.5) is 19.0 Å². The molecular formula is C11H13F3N2S. The Kier molecular flexibility index (Phi) is 3.51. The van der Waals surface area contributed by atoms with Gasteiger partial charge in [-0.2, -0.15) is 24.9 Å². The monoisotopic (exact) mass is 262 g/mol. The zero-order valence-electron chi connectivity index (χ0n) is 9.37. The molecule has 0 saturated carbocycles. The van der Waals surface area contributed by atoms with Gasteiger partial charge in [0.15, 0.2) is 0 Å². The lowest BCUT2D eigenvalue weighted by atomic mass is 10.2. The van der Waals surface area contributed by atoms with Gasteiger partial charge in [0, 0.05) is 25.0 Å². The van der Waals surface area contributed by atoms with Crippen molar-refractivity contribution in [2.24, 2.45) is 0 Å². The molecule has 0 amide bonds. The first-order valence-corrected chi connectivity index (χ1v) is 6.48. The van der Waals surface area contributed by atoms with Crippen LogP contribution in [-0.4, -0.2) is 29.6 Å². The van der Waals surface area contributed by atoms with Gasteiger partial charge < -0.3 is 4.90 Å². The quantitative estimate of drug-likeness (QED) is 0.815. The largest absolute Gasteiger partial charge is 0.417 e. The van der Waals surface area contributed by atoms with Gasteiger partial charge >= 0.3 is 6.18 Å². The zero-order valence-corrected chi connectivity index (χ0v) is 10.2. The van der Waals surface area contributed by atoms with Gasteiger partial charge in [-0.15, -0.1) is 0 Å². The summed E-state index contributed by atoms with van der Waals surface area (Å²) in [4.78, 5) is 5.84. The maximum absolute atomic E-state index is 12.4. The lowest BCUT2D eigenvalue weighted by Gasteiger charge is -2.24. The lowest BCUT2D eigenvalue weighted by molar-refractivity contribution is -0.137. The van der Waals surface area contributed by atoms with Crippen LogP contribution in [0.25, 0.3) is 0 Å². The van der Waals surface area contributed by atoms with Crippen LogP contribution >= 0.6 is 11.8 Å². The first-order chi connectivity index (χ1) is 7.98. The van der Waals surface area contributed by atoms with Crippen LogP contribution in [-0.2, 0) is 6.18 Å². The van der Waals surface area contributed by atoms with Crippen molar-refractivity contribution in [2.45, 2.75) is 18.6 Å². The number of aromatic nitrogens is 1. The summed E-state index contributed by atoms with van der Waals surface area (Å²) >= 11 is 1.86. The van der Waals surface area contributed by atoms with Gasteiger partial charge in [-0.3, -0.25) is 0 Å². The highest BCUT2D eigenvalue weighted by atomic mass is 32.2. The molecule has 0 radical (unpaired) electrons. The fraction of sp³-hybridized carbons (Fsp3) is 0.545. The van der Waals surface area contributed by atoms with E-state index in [9.17, 15) is 13.2 Å². The molecule has 1 fully saturated rings. The smallest absolute Gasteiger partial charge is 0.356 e. The fourth-order valence-electron chi connectivity index (χ4n) is 1.78. The number of hydrogen-bond acceptors (Lipinski definition) is 3. The summed E-state index contributed by atoms with van der Waals surface area (Å²) in [6.07, 6.45) is -2.36. The van der Waals surface area contributed by atoms with Crippen LogP contribution < -0.4 is 4.90 Å². The lowest BCUT2D eigenvalue weighted by Crippen LogP contribution is -2.31. The second-order valence-corrected chi connectivity index (χ2v) is 5.18. The van der Waals surface area contributed by atoms with Crippen LogP contribution in [0.15, 0.2) is 18.3 Å². The summed E-state index contributed by atoms with van der Waals surface area (Å²) in [5.74, 6) is 2.72. The molecule has 0 bridgehead atoms. The SMILES string of the molecule is CN(c1ccc(C(F)(F)F)cn1)[C@H]1CCSC1. The van der Waals surface area contributed by atoms with Crippen molar-refractivity contribution in [1.82, 2.24) is 4.98 Å². The summed E-state index contributed by atoms with van der Waals surface area (Å²) in [6, 6.07) is 2.90. The van der Waals surface area contributed by atoms with Crippen LogP contribution in [0.3, 0.4) is 0 Å². The normalized spacial score (nSPS) is 20.6. The molecule has 1 aromatic rings. The van der Waals surface area contributed by atoms with Crippen molar-refractivity contribution in [3.8, 4) is 0 Å². The van der Waals surface area contributed by atoms with Crippen LogP contribution in [0.2, 0.25) is 0 Å². The molecule has 1 saturated heterocycles. The molecule has 1 aliphatic heterocycles. The summed E-state index contributed by atoms with van der Waals surface area (Å²) in [5.41, 5.74) is -0.699. The molecule has 0 spiro atoms. The Balaban J connectivity index is 2.12. The highest BCUT2D eigenvalue weighted by Gasteiger charge is 2.31. The van der Waals surface area contributed by atoms with E-state index in [1.54, 1.807) is 0 Å². The van der Waals surface area contributed by atoms with Crippen LogP contribution in [0.1, 0.15) is 12.0 Å². The van der Waals surface area contributed by atoms with E-state index in [1.807, 2.05) is 23.7 Å². The van der Waals surface area contributed by atoms with Gasteiger partial charge in [-0.05, 0) is 24.3 Å². The highest BCUT2D eigenvalue weighted by molar-refractivity contribution is 7.99. The number of rotatable bonds is 2. The van der Waals surface area contributed by atoms with Crippen molar-refractivity contribution < 1.29 is 13.2 Å². The minimum Gasteiger partial charge on any atom is -0.356 e. The molecule has 0 aromatic carbocycles. The van der Waals surface area contributed by atoms with Crippen molar-refractivity contribution in [1.29, 1.82) is 0 Å². The average molecular weight is 262 g/mol. The Morgan fingerprint density at radius 1 is 1.41 bits per heavy atom. The first-order valence-electron chi connectivity index (χ1n) is 5.32. The zero-order chi connectivity index (χ0) is 12.5. The minimum atomic E-state index is -4.31. The number of hydrogen-bond donors (Lipinski definition) is 0. The Morgan fingerprint density at radius 2 is 2.18 bits per heavy atom. The molecule has 2 nitrogen and oxygen atoms in total. The molecule has 17 heavy (non-hydrogen) atoms. The molecule has 0 aliphatic carbocycles. The van der Waals surface area contributed by atoms with Gasteiger partial charge in [-0.25, -0.2) is 4.98 Å². The molecule has 6 heteroatoms. The maximum atomic E-state index is 12.4. The van der Waals surface area contributed by atoms with Crippen molar-refractivity contribution in [2.75, 3.05) is 23.5 Å². The Bertz CT molecular complexity index is 371. The molecule has 1 aliphatic rings.